The lowest BCUT2D eigenvalue weighted by Crippen LogP contribution is -2.17. The van der Waals surface area contributed by atoms with Gasteiger partial charge in [0.1, 0.15) is 5.82 Å². The molecule has 21 heavy (non-hydrogen) atoms. The van der Waals surface area contributed by atoms with E-state index >= 15 is 0 Å². The van der Waals surface area contributed by atoms with Gasteiger partial charge in [0.15, 0.2) is 11.5 Å². The monoisotopic (exact) mass is 287 g/mol. The SMILES string of the molecule is COc1ccc(-c2cnc(N)c(C(C)(C)C)n2)cc1OC. The van der Waals surface area contributed by atoms with Crippen LogP contribution in [0.4, 0.5) is 5.82 Å². The van der Waals surface area contributed by atoms with Crippen molar-refractivity contribution < 1.29 is 9.47 Å². The minimum Gasteiger partial charge on any atom is -0.493 e. The summed E-state index contributed by atoms with van der Waals surface area (Å²) in [4.78, 5) is 8.92. The van der Waals surface area contributed by atoms with Crippen LogP contribution < -0.4 is 15.2 Å². The van der Waals surface area contributed by atoms with Gasteiger partial charge in [0.05, 0.1) is 31.8 Å². The number of hydrogen-bond donors (Lipinski definition) is 1. The number of methoxy groups -OCH3 is 2. The summed E-state index contributed by atoms with van der Waals surface area (Å²) < 4.78 is 10.6. The van der Waals surface area contributed by atoms with E-state index in [-0.39, 0.29) is 5.41 Å². The van der Waals surface area contributed by atoms with Gasteiger partial charge in [-0.15, -0.1) is 0 Å². The van der Waals surface area contributed by atoms with Crippen LogP contribution in [0.3, 0.4) is 0 Å². The topological polar surface area (TPSA) is 70.3 Å². The van der Waals surface area contributed by atoms with Crippen LogP contribution in [0, 0.1) is 0 Å². The van der Waals surface area contributed by atoms with Crippen LogP contribution in [-0.2, 0) is 5.41 Å². The third kappa shape index (κ3) is 3.07. The summed E-state index contributed by atoms with van der Waals surface area (Å²) in [6.45, 7) is 6.18. The van der Waals surface area contributed by atoms with E-state index < -0.39 is 0 Å². The molecule has 2 N–H and O–H groups in total. The van der Waals surface area contributed by atoms with E-state index in [4.69, 9.17) is 15.2 Å². The smallest absolute Gasteiger partial charge is 0.161 e. The Morgan fingerprint density at radius 2 is 1.71 bits per heavy atom. The Kier molecular flexibility index (Phi) is 4.02. The van der Waals surface area contributed by atoms with Crippen LogP contribution in [-0.4, -0.2) is 24.2 Å². The van der Waals surface area contributed by atoms with Crippen molar-refractivity contribution in [2.24, 2.45) is 0 Å². The second kappa shape index (κ2) is 5.60. The van der Waals surface area contributed by atoms with Gasteiger partial charge in [-0.2, -0.15) is 0 Å². The molecule has 1 aromatic carbocycles. The lowest BCUT2D eigenvalue weighted by Gasteiger charge is -2.20. The van der Waals surface area contributed by atoms with Gasteiger partial charge in [0.2, 0.25) is 0 Å². The first-order valence-corrected chi connectivity index (χ1v) is 6.72. The molecule has 0 amide bonds. The highest BCUT2D eigenvalue weighted by molar-refractivity contribution is 5.64. The Morgan fingerprint density at radius 3 is 2.29 bits per heavy atom. The van der Waals surface area contributed by atoms with Gasteiger partial charge >= 0.3 is 0 Å². The van der Waals surface area contributed by atoms with E-state index in [1.165, 1.54) is 0 Å². The first kappa shape index (κ1) is 15.1. The number of aromatic nitrogens is 2. The quantitative estimate of drug-likeness (QED) is 0.939. The van der Waals surface area contributed by atoms with Crippen molar-refractivity contribution in [3.8, 4) is 22.8 Å². The molecule has 0 aliphatic carbocycles. The number of nitrogen functional groups attached to an aromatic ring is 1. The van der Waals surface area contributed by atoms with Crippen LogP contribution in [0.5, 0.6) is 11.5 Å². The lowest BCUT2D eigenvalue weighted by atomic mass is 9.91. The zero-order valence-electron chi connectivity index (χ0n) is 13.1. The summed E-state index contributed by atoms with van der Waals surface area (Å²) in [6, 6.07) is 5.66. The molecule has 0 bridgehead atoms. The van der Waals surface area contributed by atoms with E-state index in [9.17, 15) is 0 Å². The summed E-state index contributed by atoms with van der Waals surface area (Å²) in [5, 5.41) is 0. The highest BCUT2D eigenvalue weighted by atomic mass is 16.5. The molecule has 0 aliphatic heterocycles. The third-order valence-corrected chi connectivity index (χ3v) is 3.19. The summed E-state index contributed by atoms with van der Waals surface area (Å²) in [5.74, 6) is 1.80. The summed E-state index contributed by atoms with van der Waals surface area (Å²) in [6.07, 6.45) is 1.67. The maximum atomic E-state index is 5.94. The van der Waals surface area contributed by atoms with Gasteiger partial charge in [-0.1, -0.05) is 20.8 Å². The first-order chi connectivity index (χ1) is 9.86. The van der Waals surface area contributed by atoms with Gasteiger partial charge in [-0.25, -0.2) is 9.97 Å². The fourth-order valence-corrected chi connectivity index (χ4v) is 2.08. The summed E-state index contributed by atoms with van der Waals surface area (Å²) >= 11 is 0. The van der Waals surface area contributed by atoms with Crippen LogP contribution in [0.15, 0.2) is 24.4 Å². The Hall–Kier alpha value is -2.30. The minimum absolute atomic E-state index is 0.163. The number of anilines is 1. The highest BCUT2D eigenvalue weighted by Crippen LogP contribution is 2.33. The molecule has 2 rings (SSSR count). The predicted octanol–water partition coefficient (Wildman–Crippen LogP) is 3.04. The Morgan fingerprint density at radius 1 is 1.05 bits per heavy atom. The average Bonchev–Trinajstić information content (AvgIpc) is 2.45. The van der Waals surface area contributed by atoms with Gasteiger partial charge < -0.3 is 15.2 Å². The average molecular weight is 287 g/mol. The largest absolute Gasteiger partial charge is 0.493 e. The van der Waals surface area contributed by atoms with Crippen molar-refractivity contribution in [3.05, 3.63) is 30.1 Å². The minimum atomic E-state index is -0.163. The van der Waals surface area contributed by atoms with Gasteiger partial charge in [0.25, 0.3) is 0 Å². The molecule has 5 nitrogen and oxygen atoms in total. The van der Waals surface area contributed by atoms with Crippen molar-refractivity contribution in [2.45, 2.75) is 26.2 Å². The predicted molar refractivity (Wildman–Crippen MR) is 83.7 cm³/mol. The molecule has 0 aliphatic rings. The van der Waals surface area contributed by atoms with Crippen LogP contribution in [0.25, 0.3) is 11.3 Å². The first-order valence-electron chi connectivity index (χ1n) is 6.72. The molecule has 0 saturated carbocycles. The van der Waals surface area contributed by atoms with Crippen molar-refractivity contribution >= 4 is 5.82 Å². The molecule has 112 valence electrons. The molecule has 0 unspecified atom stereocenters. The van der Waals surface area contributed by atoms with E-state index in [0.717, 1.165) is 17.0 Å². The molecule has 1 heterocycles. The van der Waals surface area contributed by atoms with Crippen molar-refractivity contribution in [2.75, 3.05) is 20.0 Å². The van der Waals surface area contributed by atoms with Gasteiger partial charge in [0, 0.05) is 11.0 Å². The van der Waals surface area contributed by atoms with Crippen molar-refractivity contribution in [1.29, 1.82) is 0 Å². The number of nitrogens with two attached hydrogens (primary N) is 1. The molecule has 0 atom stereocenters. The molecule has 0 fully saturated rings. The Bertz CT molecular complexity index is 648. The number of benzene rings is 1. The Labute approximate surface area is 125 Å². The molecule has 0 spiro atoms. The third-order valence-electron chi connectivity index (χ3n) is 3.19. The second-order valence-corrected chi connectivity index (χ2v) is 5.81. The fourth-order valence-electron chi connectivity index (χ4n) is 2.08. The van der Waals surface area contributed by atoms with E-state index in [2.05, 4.69) is 30.7 Å². The van der Waals surface area contributed by atoms with E-state index in [1.54, 1.807) is 20.4 Å². The van der Waals surface area contributed by atoms with E-state index in [0.29, 0.717) is 17.3 Å². The number of nitrogens with zero attached hydrogens (tertiary/aromatic N) is 2. The van der Waals surface area contributed by atoms with Crippen LogP contribution in [0.1, 0.15) is 26.5 Å². The van der Waals surface area contributed by atoms with Gasteiger partial charge in [-0.3, -0.25) is 0 Å². The molecular weight excluding hydrogens is 266 g/mol. The number of hydrogen-bond acceptors (Lipinski definition) is 5. The van der Waals surface area contributed by atoms with Gasteiger partial charge in [-0.05, 0) is 18.2 Å². The highest BCUT2D eigenvalue weighted by Gasteiger charge is 2.21. The van der Waals surface area contributed by atoms with Crippen molar-refractivity contribution in [3.63, 3.8) is 0 Å². The maximum absolute atomic E-state index is 5.94. The summed E-state index contributed by atoms with van der Waals surface area (Å²) in [7, 11) is 3.22. The molecule has 0 radical (unpaired) electrons. The molecule has 5 heteroatoms. The number of rotatable bonds is 3. The zero-order chi connectivity index (χ0) is 15.6. The normalized spacial score (nSPS) is 11.3. The maximum Gasteiger partial charge on any atom is 0.161 e. The van der Waals surface area contributed by atoms with Crippen LogP contribution >= 0.6 is 0 Å². The second-order valence-electron chi connectivity index (χ2n) is 5.81. The Balaban J connectivity index is 2.52. The van der Waals surface area contributed by atoms with Crippen LogP contribution in [0.2, 0.25) is 0 Å². The lowest BCUT2D eigenvalue weighted by molar-refractivity contribution is 0.355. The fraction of sp³-hybridized carbons (Fsp3) is 0.375. The summed E-state index contributed by atoms with van der Waals surface area (Å²) in [5.41, 5.74) is 8.23. The van der Waals surface area contributed by atoms with Crippen molar-refractivity contribution in [1.82, 2.24) is 9.97 Å². The molecule has 1 aromatic heterocycles. The zero-order valence-corrected chi connectivity index (χ0v) is 13.1. The molecule has 0 saturated heterocycles. The number of ether oxygens (including phenoxy) is 2. The molecular formula is C16H21N3O2. The molecule has 2 aromatic rings. The standard InChI is InChI=1S/C16H21N3O2/c1-16(2,3)14-15(17)18-9-11(19-14)10-6-7-12(20-4)13(8-10)21-5/h6-9H,1-5H3,(H2,17,18). The van der Waals surface area contributed by atoms with E-state index in [1.807, 2.05) is 18.2 Å².